The van der Waals surface area contributed by atoms with E-state index in [1.54, 1.807) is 12.1 Å². The molecule has 0 unspecified atom stereocenters. The van der Waals surface area contributed by atoms with Crippen LogP contribution >= 0.6 is 11.6 Å². The number of hydrogen-bond donors (Lipinski definition) is 0. The monoisotopic (exact) mass is 271 g/mol. The SMILES string of the molecule is C#CCN(CCC)S(=O)(=O)c1cccc(Cl)c1. The van der Waals surface area contributed by atoms with Gasteiger partial charge in [0.2, 0.25) is 10.0 Å². The Morgan fingerprint density at radius 2 is 2.18 bits per heavy atom. The Labute approximate surface area is 107 Å². The fourth-order valence-electron chi connectivity index (χ4n) is 1.41. The Morgan fingerprint density at radius 1 is 1.47 bits per heavy atom. The molecule has 0 N–H and O–H groups in total. The second-order valence-corrected chi connectivity index (χ2v) is 5.87. The highest BCUT2D eigenvalue weighted by Gasteiger charge is 2.22. The zero-order valence-corrected chi connectivity index (χ0v) is 11.1. The summed E-state index contributed by atoms with van der Waals surface area (Å²) >= 11 is 5.79. The minimum Gasteiger partial charge on any atom is -0.207 e. The summed E-state index contributed by atoms with van der Waals surface area (Å²) in [5.74, 6) is 2.36. The third-order valence-electron chi connectivity index (χ3n) is 2.17. The Kier molecular flexibility index (Phi) is 5.01. The molecule has 0 radical (unpaired) electrons. The van der Waals surface area contributed by atoms with Crippen molar-refractivity contribution in [2.75, 3.05) is 13.1 Å². The van der Waals surface area contributed by atoms with E-state index in [1.165, 1.54) is 16.4 Å². The van der Waals surface area contributed by atoms with Gasteiger partial charge < -0.3 is 0 Å². The van der Waals surface area contributed by atoms with Crippen LogP contribution in [0.5, 0.6) is 0 Å². The Balaban J connectivity index is 3.12. The van der Waals surface area contributed by atoms with Gasteiger partial charge in [0.15, 0.2) is 0 Å². The molecule has 0 saturated carbocycles. The molecule has 0 saturated heterocycles. The van der Waals surface area contributed by atoms with Gasteiger partial charge in [-0.3, -0.25) is 0 Å². The third kappa shape index (κ3) is 3.47. The molecule has 0 aliphatic carbocycles. The maximum atomic E-state index is 12.2. The van der Waals surface area contributed by atoms with E-state index < -0.39 is 10.0 Å². The molecule has 1 aromatic carbocycles. The van der Waals surface area contributed by atoms with Crippen LogP contribution in [0.4, 0.5) is 0 Å². The molecule has 0 bridgehead atoms. The summed E-state index contributed by atoms with van der Waals surface area (Å²) in [6, 6.07) is 6.18. The molecule has 0 aromatic heterocycles. The number of hydrogen-bond acceptors (Lipinski definition) is 2. The largest absolute Gasteiger partial charge is 0.243 e. The van der Waals surface area contributed by atoms with E-state index >= 15 is 0 Å². The van der Waals surface area contributed by atoms with Crippen molar-refractivity contribution >= 4 is 21.6 Å². The van der Waals surface area contributed by atoms with Crippen LogP contribution in [0.25, 0.3) is 0 Å². The Hall–Kier alpha value is -1.02. The van der Waals surface area contributed by atoms with Crippen LogP contribution in [0.15, 0.2) is 29.2 Å². The number of terminal acetylenes is 1. The van der Waals surface area contributed by atoms with Crippen molar-refractivity contribution in [1.82, 2.24) is 4.31 Å². The minimum absolute atomic E-state index is 0.0721. The number of rotatable bonds is 5. The van der Waals surface area contributed by atoms with Gasteiger partial charge in [0, 0.05) is 11.6 Å². The van der Waals surface area contributed by atoms with E-state index in [-0.39, 0.29) is 11.4 Å². The van der Waals surface area contributed by atoms with Crippen molar-refractivity contribution in [3.8, 4) is 12.3 Å². The highest BCUT2D eigenvalue weighted by molar-refractivity contribution is 7.89. The number of sulfonamides is 1. The van der Waals surface area contributed by atoms with Crippen LogP contribution in [0.2, 0.25) is 5.02 Å². The summed E-state index contributed by atoms with van der Waals surface area (Å²) in [5.41, 5.74) is 0. The summed E-state index contributed by atoms with van der Waals surface area (Å²) in [7, 11) is -3.54. The van der Waals surface area contributed by atoms with E-state index in [0.29, 0.717) is 18.0 Å². The molecular weight excluding hydrogens is 258 g/mol. The highest BCUT2D eigenvalue weighted by Crippen LogP contribution is 2.19. The van der Waals surface area contributed by atoms with Gasteiger partial charge in [-0.25, -0.2) is 8.42 Å². The van der Waals surface area contributed by atoms with Gasteiger partial charge in [0.1, 0.15) is 0 Å². The fraction of sp³-hybridized carbons (Fsp3) is 0.333. The van der Waals surface area contributed by atoms with Crippen molar-refractivity contribution < 1.29 is 8.42 Å². The molecule has 0 atom stereocenters. The molecule has 0 spiro atoms. The van der Waals surface area contributed by atoms with Gasteiger partial charge in [-0.05, 0) is 24.6 Å². The zero-order valence-electron chi connectivity index (χ0n) is 9.56. The molecule has 92 valence electrons. The van der Waals surface area contributed by atoms with Crippen molar-refractivity contribution in [2.45, 2.75) is 18.2 Å². The van der Waals surface area contributed by atoms with Gasteiger partial charge in [-0.15, -0.1) is 6.42 Å². The van der Waals surface area contributed by atoms with Crippen LogP contribution in [0.1, 0.15) is 13.3 Å². The molecule has 0 aliphatic rings. The first-order chi connectivity index (χ1) is 8.02. The third-order valence-corrected chi connectivity index (χ3v) is 4.25. The fourth-order valence-corrected chi connectivity index (χ4v) is 3.16. The van der Waals surface area contributed by atoms with Gasteiger partial charge >= 0.3 is 0 Å². The Bertz CT molecular complexity index is 520. The van der Waals surface area contributed by atoms with Crippen LogP contribution in [0, 0.1) is 12.3 Å². The molecule has 0 amide bonds. The Morgan fingerprint density at radius 3 is 2.71 bits per heavy atom. The van der Waals surface area contributed by atoms with Gasteiger partial charge in [-0.1, -0.05) is 30.5 Å². The van der Waals surface area contributed by atoms with Crippen molar-refractivity contribution in [2.24, 2.45) is 0 Å². The van der Waals surface area contributed by atoms with E-state index in [9.17, 15) is 8.42 Å². The lowest BCUT2D eigenvalue weighted by atomic mass is 10.4. The first kappa shape index (κ1) is 14.0. The molecular formula is C12H14ClNO2S. The molecule has 3 nitrogen and oxygen atoms in total. The van der Waals surface area contributed by atoms with E-state index in [2.05, 4.69) is 5.92 Å². The van der Waals surface area contributed by atoms with Crippen molar-refractivity contribution in [1.29, 1.82) is 0 Å². The van der Waals surface area contributed by atoms with Crippen LogP contribution in [-0.2, 0) is 10.0 Å². The maximum Gasteiger partial charge on any atom is 0.243 e. The summed E-state index contributed by atoms with van der Waals surface area (Å²) < 4.78 is 25.7. The quantitative estimate of drug-likeness (QED) is 0.771. The molecule has 0 heterocycles. The lowest BCUT2D eigenvalue weighted by Gasteiger charge is -2.19. The normalized spacial score (nSPS) is 11.4. The lowest BCUT2D eigenvalue weighted by molar-refractivity contribution is 0.445. The molecule has 1 rings (SSSR count). The predicted molar refractivity (Wildman–Crippen MR) is 69.3 cm³/mol. The highest BCUT2D eigenvalue weighted by atomic mass is 35.5. The second-order valence-electron chi connectivity index (χ2n) is 3.50. The van der Waals surface area contributed by atoms with Gasteiger partial charge in [-0.2, -0.15) is 4.31 Å². The van der Waals surface area contributed by atoms with Gasteiger partial charge in [0.25, 0.3) is 0 Å². The summed E-state index contributed by atoms with van der Waals surface area (Å²) in [5, 5.41) is 0.392. The first-order valence-corrected chi connectivity index (χ1v) is 7.03. The van der Waals surface area contributed by atoms with Crippen LogP contribution in [-0.4, -0.2) is 25.8 Å². The molecule has 5 heteroatoms. The van der Waals surface area contributed by atoms with E-state index in [0.717, 1.165) is 0 Å². The molecule has 17 heavy (non-hydrogen) atoms. The van der Waals surface area contributed by atoms with Crippen LogP contribution < -0.4 is 0 Å². The van der Waals surface area contributed by atoms with Crippen molar-refractivity contribution in [3.05, 3.63) is 29.3 Å². The standard InChI is InChI=1S/C12H14ClNO2S/c1-3-8-14(9-4-2)17(15,16)12-7-5-6-11(13)10-12/h1,5-7,10H,4,8-9H2,2H3. The second kappa shape index (κ2) is 6.06. The summed E-state index contributed by atoms with van der Waals surface area (Å²) in [6.07, 6.45) is 5.89. The molecule has 0 fully saturated rings. The molecule has 0 aliphatic heterocycles. The lowest BCUT2D eigenvalue weighted by Crippen LogP contribution is -2.32. The van der Waals surface area contributed by atoms with Crippen LogP contribution in [0.3, 0.4) is 0 Å². The van der Waals surface area contributed by atoms with E-state index in [1.807, 2.05) is 6.92 Å². The van der Waals surface area contributed by atoms with E-state index in [4.69, 9.17) is 18.0 Å². The number of nitrogens with zero attached hydrogens (tertiary/aromatic N) is 1. The predicted octanol–water partition coefficient (Wildman–Crippen LogP) is 2.37. The maximum absolute atomic E-state index is 12.2. The summed E-state index contributed by atoms with van der Waals surface area (Å²) in [4.78, 5) is 0.175. The van der Waals surface area contributed by atoms with Crippen molar-refractivity contribution in [3.63, 3.8) is 0 Å². The van der Waals surface area contributed by atoms with Gasteiger partial charge in [0.05, 0.1) is 11.4 Å². The number of halogens is 1. The zero-order chi connectivity index (χ0) is 12.9. The minimum atomic E-state index is -3.54. The summed E-state index contributed by atoms with van der Waals surface area (Å²) in [6.45, 7) is 2.37. The first-order valence-electron chi connectivity index (χ1n) is 5.21. The average Bonchev–Trinajstić information content (AvgIpc) is 2.29. The average molecular weight is 272 g/mol. The number of benzene rings is 1. The topological polar surface area (TPSA) is 37.4 Å². The smallest absolute Gasteiger partial charge is 0.207 e. The molecule has 1 aromatic rings.